The van der Waals surface area contributed by atoms with E-state index in [2.05, 4.69) is 18.3 Å². The smallest absolute Gasteiger partial charge is 0.222 e. The molecule has 0 aromatic heterocycles. The van der Waals surface area contributed by atoms with Gasteiger partial charge in [-0.1, -0.05) is 19.1 Å². The molecule has 1 unspecified atom stereocenters. The molecule has 0 aliphatic carbocycles. The number of benzene rings is 1. The molecule has 2 saturated heterocycles. The first-order valence-corrected chi connectivity index (χ1v) is 9.17. The van der Waals surface area contributed by atoms with Crippen molar-refractivity contribution in [3.8, 4) is 5.75 Å². The fraction of sp³-hybridized carbons (Fsp3) is 0.600. The average molecular weight is 344 g/mol. The van der Waals surface area contributed by atoms with Crippen molar-refractivity contribution in [3.05, 3.63) is 29.8 Å². The third-order valence-corrected chi connectivity index (χ3v) is 5.61. The van der Waals surface area contributed by atoms with Crippen LogP contribution in [0.3, 0.4) is 0 Å². The zero-order chi connectivity index (χ0) is 17.9. The van der Waals surface area contributed by atoms with E-state index in [0.717, 1.165) is 44.6 Å². The molecule has 3 rings (SSSR count). The van der Waals surface area contributed by atoms with Gasteiger partial charge in [-0.3, -0.25) is 9.59 Å². The Balaban J connectivity index is 1.48. The summed E-state index contributed by atoms with van der Waals surface area (Å²) in [5.41, 5.74) is 1.30. The summed E-state index contributed by atoms with van der Waals surface area (Å²) < 4.78 is 5.26. The van der Waals surface area contributed by atoms with Gasteiger partial charge in [0.2, 0.25) is 11.8 Å². The van der Waals surface area contributed by atoms with Gasteiger partial charge >= 0.3 is 0 Å². The Hall–Kier alpha value is -2.04. The SMILES string of the molecule is COc1cccc(CC(C)CC(=O)N2CCC3(CC2)CNC(=O)C3)c1. The minimum absolute atomic E-state index is 0.0973. The number of hydrogen-bond donors (Lipinski definition) is 1. The number of nitrogens with one attached hydrogen (secondary N) is 1. The number of nitrogens with zero attached hydrogens (tertiary/aromatic N) is 1. The van der Waals surface area contributed by atoms with E-state index >= 15 is 0 Å². The van der Waals surface area contributed by atoms with Gasteiger partial charge in [-0.25, -0.2) is 0 Å². The Labute approximate surface area is 149 Å². The van der Waals surface area contributed by atoms with Crippen molar-refractivity contribution in [3.63, 3.8) is 0 Å². The Bertz CT molecular complexity index is 636. The van der Waals surface area contributed by atoms with Crippen LogP contribution in [-0.4, -0.2) is 43.5 Å². The molecule has 5 nitrogen and oxygen atoms in total. The van der Waals surface area contributed by atoms with Crippen LogP contribution >= 0.6 is 0 Å². The normalized spacial score (nSPS) is 20.4. The van der Waals surface area contributed by atoms with E-state index in [9.17, 15) is 9.59 Å². The van der Waals surface area contributed by atoms with E-state index in [1.807, 2.05) is 23.1 Å². The minimum atomic E-state index is 0.0973. The van der Waals surface area contributed by atoms with E-state index in [0.29, 0.717) is 18.8 Å². The van der Waals surface area contributed by atoms with E-state index in [4.69, 9.17) is 4.74 Å². The second kappa shape index (κ2) is 7.46. The van der Waals surface area contributed by atoms with E-state index in [-0.39, 0.29) is 17.2 Å². The fourth-order valence-corrected chi connectivity index (χ4v) is 4.04. The van der Waals surface area contributed by atoms with Crippen LogP contribution in [0.4, 0.5) is 0 Å². The van der Waals surface area contributed by atoms with Gasteiger partial charge in [-0.15, -0.1) is 0 Å². The molecule has 1 aromatic carbocycles. The summed E-state index contributed by atoms with van der Waals surface area (Å²) in [7, 11) is 1.67. The van der Waals surface area contributed by atoms with Crippen LogP contribution in [0, 0.1) is 11.3 Å². The van der Waals surface area contributed by atoms with Crippen molar-refractivity contribution in [2.24, 2.45) is 11.3 Å². The molecule has 2 heterocycles. The van der Waals surface area contributed by atoms with Gasteiger partial charge in [0, 0.05) is 32.5 Å². The molecule has 2 aliphatic heterocycles. The average Bonchev–Trinajstić information content (AvgIpc) is 2.95. The second-order valence-corrected chi connectivity index (χ2v) is 7.70. The molecule has 5 heteroatoms. The lowest BCUT2D eigenvalue weighted by atomic mass is 9.77. The molecular weight excluding hydrogens is 316 g/mol. The number of methoxy groups -OCH3 is 1. The van der Waals surface area contributed by atoms with Crippen LogP contribution in [-0.2, 0) is 16.0 Å². The van der Waals surface area contributed by atoms with E-state index in [1.165, 1.54) is 5.56 Å². The summed E-state index contributed by atoms with van der Waals surface area (Å²) in [5.74, 6) is 1.55. The van der Waals surface area contributed by atoms with Crippen molar-refractivity contribution in [1.82, 2.24) is 10.2 Å². The molecule has 1 atom stereocenters. The number of rotatable bonds is 5. The first kappa shape index (κ1) is 17.8. The quantitative estimate of drug-likeness (QED) is 0.892. The van der Waals surface area contributed by atoms with Crippen molar-refractivity contribution in [1.29, 1.82) is 0 Å². The van der Waals surface area contributed by atoms with Crippen molar-refractivity contribution in [2.45, 2.75) is 39.0 Å². The predicted octanol–water partition coefficient (Wildman–Crippen LogP) is 2.39. The van der Waals surface area contributed by atoms with Gasteiger partial charge in [-0.05, 0) is 48.3 Å². The summed E-state index contributed by atoms with van der Waals surface area (Å²) in [5, 5.41) is 2.94. The Kier molecular flexibility index (Phi) is 5.30. The van der Waals surface area contributed by atoms with Crippen molar-refractivity contribution < 1.29 is 14.3 Å². The Morgan fingerprint density at radius 1 is 1.36 bits per heavy atom. The zero-order valence-electron chi connectivity index (χ0n) is 15.2. The molecule has 0 radical (unpaired) electrons. The fourth-order valence-electron chi connectivity index (χ4n) is 4.04. The standard InChI is InChI=1S/C20H28N2O3/c1-15(10-16-4-3-5-17(12-16)25-2)11-19(24)22-8-6-20(7-9-22)13-18(23)21-14-20/h3-5,12,15H,6-11,13-14H2,1-2H3,(H,21,23). The van der Waals surface area contributed by atoms with Gasteiger partial charge in [-0.2, -0.15) is 0 Å². The summed E-state index contributed by atoms with van der Waals surface area (Å²) in [4.78, 5) is 26.1. The lowest BCUT2D eigenvalue weighted by Crippen LogP contribution is -2.44. The van der Waals surface area contributed by atoms with E-state index in [1.54, 1.807) is 7.11 Å². The number of hydrogen-bond acceptors (Lipinski definition) is 3. The number of likely N-dealkylation sites (tertiary alicyclic amines) is 1. The molecule has 136 valence electrons. The third-order valence-electron chi connectivity index (χ3n) is 5.61. The summed E-state index contributed by atoms with van der Waals surface area (Å²) in [6, 6.07) is 8.04. The van der Waals surface area contributed by atoms with Crippen LogP contribution in [0.1, 0.15) is 38.2 Å². The number of carbonyl (C=O) groups is 2. The zero-order valence-corrected chi connectivity index (χ0v) is 15.2. The first-order valence-electron chi connectivity index (χ1n) is 9.17. The molecular formula is C20H28N2O3. The number of piperidine rings is 1. The van der Waals surface area contributed by atoms with Crippen molar-refractivity contribution >= 4 is 11.8 Å². The maximum Gasteiger partial charge on any atom is 0.222 e. The van der Waals surface area contributed by atoms with Crippen LogP contribution in [0.25, 0.3) is 0 Å². The highest BCUT2D eigenvalue weighted by Crippen LogP contribution is 2.37. The van der Waals surface area contributed by atoms with Gasteiger partial charge in [0.25, 0.3) is 0 Å². The first-order chi connectivity index (χ1) is 12.0. The van der Waals surface area contributed by atoms with Gasteiger partial charge < -0.3 is 15.0 Å². The van der Waals surface area contributed by atoms with Gasteiger partial charge in [0.05, 0.1) is 7.11 Å². The molecule has 2 fully saturated rings. The summed E-state index contributed by atoms with van der Waals surface area (Å²) in [6.07, 6.45) is 3.94. The molecule has 1 aromatic rings. The van der Waals surface area contributed by atoms with Gasteiger partial charge in [0.15, 0.2) is 0 Å². The molecule has 2 aliphatic rings. The lowest BCUT2D eigenvalue weighted by molar-refractivity contribution is -0.134. The number of carbonyl (C=O) groups excluding carboxylic acids is 2. The summed E-state index contributed by atoms with van der Waals surface area (Å²) >= 11 is 0. The molecule has 1 spiro atoms. The maximum atomic E-state index is 12.6. The highest BCUT2D eigenvalue weighted by Gasteiger charge is 2.41. The lowest BCUT2D eigenvalue weighted by Gasteiger charge is -2.38. The Morgan fingerprint density at radius 2 is 2.12 bits per heavy atom. The number of ether oxygens (including phenoxy) is 1. The largest absolute Gasteiger partial charge is 0.497 e. The predicted molar refractivity (Wildman–Crippen MR) is 96.4 cm³/mol. The van der Waals surface area contributed by atoms with Crippen LogP contribution in [0.15, 0.2) is 24.3 Å². The molecule has 0 saturated carbocycles. The molecule has 2 amide bonds. The highest BCUT2D eigenvalue weighted by molar-refractivity contribution is 5.79. The summed E-state index contributed by atoms with van der Waals surface area (Å²) in [6.45, 7) is 4.46. The van der Waals surface area contributed by atoms with E-state index < -0.39 is 0 Å². The van der Waals surface area contributed by atoms with Crippen LogP contribution in [0.5, 0.6) is 5.75 Å². The molecule has 25 heavy (non-hydrogen) atoms. The second-order valence-electron chi connectivity index (χ2n) is 7.70. The topological polar surface area (TPSA) is 58.6 Å². The van der Waals surface area contributed by atoms with Crippen molar-refractivity contribution in [2.75, 3.05) is 26.7 Å². The Morgan fingerprint density at radius 3 is 2.76 bits per heavy atom. The van der Waals surface area contributed by atoms with Gasteiger partial charge in [0.1, 0.15) is 5.75 Å². The maximum absolute atomic E-state index is 12.6. The molecule has 0 bridgehead atoms. The molecule has 1 N–H and O–H groups in total. The third kappa shape index (κ3) is 4.33. The minimum Gasteiger partial charge on any atom is -0.497 e. The van der Waals surface area contributed by atoms with Crippen LogP contribution < -0.4 is 10.1 Å². The van der Waals surface area contributed by atoms with Crippen LogP contribution in [0.2, 0.25) is 0 Å². The monoisotopic (exact) mass is 344 g/mol. The number of amides is 2. The highest BCUT2D eigenvalue weighted by atomic mass is 16.5.